The third kappa shape index (κ3) is 2.66. The van der Waals surface area contributed by atoms with Gasteiger partial charge in [0.1, 0.15) is 11.4 Å². The summed E-state index contributed by atoms with van der Waals surface area (Å²) < 4.78 is 0. The Balaban J connectivity index is 1.55. The minimum absolute atomic E-state index is 0.157. The maximum atomic E-state index is 12.8. The highest BCUT2D eigenvalue weighted by molar-refractivity contribution is 5.94. The number of imidazole rings is 1. The predicted octanol–water partition coefficient (Wildman–Crippen LogP) is 1.91. The molecule has 2 aromatic heterocycles. The first-order valence-corrected chi connectivity index (χ1v) is 8.67. The number of aromatic nitrogens is 3. The molecule has 1 saturated heterocycles. The topological polar surface area (TPSA) is 81.8 Å². The van der Waals surface area contributed by atoms with E-state index in [9.17, 15) is 9.59 Å². The molecule has 1 aliphatic heterocycles. The largest absolute Gasteiger partial charge is 0.346 e. The molecule has 6 heteroatoms. The fourth-order valence-electron chi connectivity index (χ4n) is 3.81. The van der Waals surface area contributed by atoms with Crippen LogP contribution in [0, 0.1) is 6.92 Å². The molecule has 0 spiro atoms. The summed E-state index contributed by atoms with van der Waals surface area (Å²) in [5, 5.41) is 0. The molecule has 0 aromatic carbocycles. The Morgan fingerprint density at radius 1 is 1.29 bits per heavy atom. The van der Waals surface area contributed by atoms with Crippen LogP contribution in [0.4, 0.5) is 0 Å². The Morgan fingerprint density at radius 3 is 2.92 bits per heavy atom. The number of rotatable bonds is 2. The molecular formula is C18H22N4O2. The number of carbonyl (C=O) groups excluding carboxylic acids is 1. The molecule has 0 unspecified atom stereocenters. The summed E-state index contributed by atoms with van der Waals surface area (Å²) in [6, 6.07) is 1.82. The van der Waals surface area contributed by atoms with Crippen molar-refractivity contribution in [1.82, 2.24) is 19.9 Å². The molecule has 1 amide bonds. The number of aromatic amines is 2. The molecule has 6 nitrogen and oxygen atoms in total. The third-order valence-electron chi connectivity index (χ3n) is 5.15. The summed E-state index contributed by atoms with van der Waals surface area (Å²) in [7, 11) is 0. The Hall–Kier alpha value is -2.37. The van der Waals surface area contributed by atoms with Gasteiger partial charge in [-0.25, -0.2) is 4.98 Å². The number of nitrogens with one attached hydrogen (secondary N) is 2. The second-order valence-electron chi connectivity index (χ2n) is 6.91. The van der Waals surface area contributed by atoms with Crippen LogP contribution in [-0.2, 0) is 12.8 Å². The summed E-state index contributed by atoms with van der Waals surface area (Å²) in [4.78, 5) is 37.5. The van der Waals surface area contributed by atoms with Gasteiger partial charge in [-0.1, -0.05) is 0 Å². The van der Waals surface area contributed by atoms with Crippen LogP contribution in [0.1, 0.15) is 58.3 Å². The first-order valence-electron chi connectivity index (χ1n) is 8.67. The van der Waals surface area contributed by atoms with Crippen LogP contribution in [0.2, 0.25) is 0 Å². The monoisotopic (exact) mass is 326 g/mol. The van der Waals surface area contributed by atoms with Gasteiger partial charge >= 0.3 is 0 Å². The molecule has 2 aromatic rings. The van der Waals surface area contributed by atoms with Crippen LogP contribution in [0.5, 0.6) is 0 Å². The molecule has 126 valence electrons. The van der Waals surface area contributed by atoms with Gasteiger partial charge in [0.25, 0.3) is 11.5 Å². The van der Waals surface area contributed by atoms with E-state index in [1.54, 1.807) is 4.90 Å². The highest BCUT2D eigenvalue weighted by Crippen LogP contribution is 2.26. The van der Waals surface area contributed by atoms with E-state index in [1.807, 2.05) is 19.2 Å². The van der Waals surface area contributed by atoms with Crippen molar-refractivity contribution in [3.63, 3.8) is 0 Å². The molecule has 0 bridgehead atoms. The summed E-state index contributed by atoms with van der Waals surface area (Å²) in [6.07, 6.45) is 6.77. The van der Waals surface area contributed by atoms with E-state index in [-0.39, 0.29) is 22.9 Å². The highest BCUT2D eigenvalue weighted by Gasteiger charge is 2.31. The van der Waals surface area contributed by atoms with Crippen LogP contribution in [0.15, 0.2) is 17.1 Å². The normalized spacial score (nSPS) is 20.2. The van der Waals surface area contributed by atoms with Gasteiger partial charge < -0.3 is 14.9 Å². The molecule has 2 aliphatic rings. The molecule has 1 atom stereocenters. The van der Waals surface area contributed by atoms with E-state index >= 15 is 0 Å². The van der Waals surface area contributed by atoms with Crippen molar-refractivity contribution in [3.8, 4) is 0 Å². The number of H-pyrrole nitrogens is 2. The number of nitrogens with zero attached hydrogens (tertiary/aromatic N) is 2. The third-order valence-corrected chi connectivity index (χ3v) is 5.15. The quantitative estimate of drug-likeness (QED) is 0.884. The zero-order valence-corrected chi connectivity index (χ0v) is 13.9. The van der Waals surface area contributed by atoms with Gasteiger partial charge in [-0.05, 0) is 50.7 Å². The summed E-state index contributed by atoms with van der Waals surface area (Å²) >= 11 is 0. The average Bonchev–Trinajstić information content (AvgIpc) is 3.22. The van der Waals surface area contributed by atoms with E-state index in [4.69, 9.17) is 0 Å². The fourth-order valence-corrected chi connectivity index (χ4v) is 3.81. The maximum absolute atomic E-state index is 12.8. The molecule has 3 heterocycles. The minimum atomic E-state index is -0.252. The maximum Gasteiger partial charge on any atom is 0.261 e. The molecule has 0 saturated carbocycles. The lowest BCUT2D eigenvalue weighted by Crippen LogP contribution is -2.34. The lowest BCUT2D eigenvalue weighted by atomic mass is 9.95. The van der Waals surface area contributed by atoms with Gasteiger partial charge in [0.05, 0.1) is 0 Å². The number of aryl methyl sites for hydroxylation is 3. The first kappa shape index (κ1) is 15.2. The number of amides is 1. The van der Waals surface area contributed by atoms with Crippen molar-refractivity contribution in [2.75, 3.05) is 13.1 Å². The zero-order chi connectivity index (χ0) is 16.7. The summed E-state index contributed by atoms with van der Waals surface area (Å²) in [5.74, 6) is 0.997. The Labute approximate surface area is 140 Å². The molecule has 1 aliphatic carbocycles. The van der Waals surface area contributed by atoms with Crippen LogP contribution >= 0.6 is 0 Å². The number of hydrogen-bond donors (Lipinski definition) is 2. The number of fused-ring (bicyclic) bond motifs is 1. The van der Waals surface area contributed by atoms with Crippen molar-refractivity contribution in [2.45, 2.75) is 44.9 Å². The second-order valence-corrected chi connectivity index (χ2v) is 6.91. The smallest absolute Gasteiger partial charge is 0.261 e. The molecular weight excluding hydrogens is 304 g/mol. The van der Waals surface area contributed by atoms with E-state index in [0.29, 0.717) is 13.1 Å². The summed E-state index contributed by atoms with van der Waals surface area (Å²) in [6.45, 7) is 3.25. The lowest BCUT2D eigenvalue weighted by Gasteiger charge is -2.19. The van der Waals surface area contributed by atoms with Crippen molar-refractivity contribution in [1.29, 1.82) is 0 Å². The van der Waals surface area contributed by atoms with Gasteiger partial charge in [-0.15, -0.1) is 0 Å². The molecule has 24 heavy (non-hydrogen) atoms. The van der Waals surface area contributed by atoms with Crippen LogP contribution in [-0.4, -0.2) is 38.8 Å². The molecule has 4 rings (SSSR count). The van der Waals surface area contributed by atoms with Crippen molar-refractivity contribution >= 4 is 5.91 Å². The van der Waals surface area contributed by atoms with E-state index in [1.165, 1.54) is 0 Å². The van der Waals surface area contributed by atoms with Gasteiger partial charge in [-0.2, -0.15) is 0 Å². The highest BCUT2D eigenvalue weighted by atomic mass is 16.2. The van der Waals surface area contributed by atoms with E-state index in [2.05, 4.69) is 15.0 Å². The number of carbonyl (C=O) groups is 1. The Bertz CT molecular complexity index is 836. The molecule has 2 N–H and O–H groups in total. The number of hydrogen-bond acceptors (Lipinski definition) is 3. The van der Waals surface area contributed by atoms with Crippen LogP contribution in [0.3, 0.4) is 0 Å². The average molecular weight is 326 g/mol. The second kappa shape index (κ2) is 5.92. The van der Waals surface area contributed by atoms with Gasteiger partial charge in [0, 0.05) is 36.6 Å². The molecule has 1 fully saturated rings. The predicted molar refractivity (Wildman–Crippen MR) is 90.3 cm³/mol. The Kier molecular flexibility index (Phi) is 3.75. The minimum Gasteiger partial charge on any atom is -0.346 e. The standard InChI is InChI=1S/C18H22N4O2/c1-11-9-19-16(20-11)13-6-7-22(10-13)18(24)14-8-12-4-2-3-5-15(12)21-17(14)23/h8-9,13H,2-7,10H2,1H3,(H,19,20)(H,21,23)/t13-/m0/s1. The number of pyridine rings is 1. The van der Waals surface area contributed by atoms with Crippen molar-refractivity contribution < 1.29 is 4.79 Å². The van der Waals surface area contributed by atoms with Crippen molar-refractivity contribution in [3.05, 3.63) is 51.0 Å². The SMILES string of the molecule is Cc1cnc([C@H]2CCN(C(=O)c3cc4c([nH]c3=O)CCCC4)C2)[nH]1. The van der Waals surface area contributed by atoms with Crippen LogP contribution in [0.25, 0.3) is 0 Å². The molecule has 0 radical (unpaired) electrons. The van der Waals surface area contributed by atoms with Gasteiger partial charge in [0.15, 0.2) is 0 Å². The Morgan fingerprint density at radius 2 is 2.12 bits per heavy atom. The summed E-state index contributed by atoms with van der Waals surface area (Å²) in [5.41, 5.74) is 3.19. The first-order chi connectivity index (χ1) is 11.6. The van der Waals surface area contributed by atoms with Gasteiger partial charge in [-0.3, -0.25) is 9.59 Å². The van der Waals surface area contributed by atoms with E-state index < -0.39 is 0 Å². The number of likely N-dealkylation sites (tertiary alicyclic amines) is 1. The fraction of sp³-hybridized carbons (Fsp3) is 0.500. The zero-order valence-electron chi connectivity index (χ0n) is 13.9. The van der Waals surface area contributed by atoms with Crippen molar-refractivity contribution in [2.24, 2.45) is 0 Å². The van der Waals surface area contributed by atoms with Crippen LogP contribution < -0.4 is 5.56 Å². The lowest BCUT2D eigenvalue weighted by molar-refractivity contribution is 0.0788. The van der Waals surface area contributed by atoms with E-state index in [0.717, 1.165) is 54.9 Å². The van der Waals surface area contributed by atoms with Gasteiger partial charge in [0.2, 0.25) is 0 Å².